The van der Waals surface area contributed by atoms with Crippen molar-refractivity contribution in [3.05, 3.63) is 51.2 Å². The van der Waals surface area contributed by atoms with Crippen LogP contribution in [-0.2, 0) is 0 Å². The summed E-state index contributed by atoms with van der Waals surface area (Å²) >= 11 is 1.76. The fourth-order valence-corrected chi connectivity index (χ4v) is 3.47. The lowest BCUT2D eigenvalue weighted by molar-refractivity contribution is 0.164. The summed E-state index contributed by atoms with van der Waals surface area (Å²) in [5, 5.41) is 2.12. The van der Waals surface area contributed by atoms with E-state index in [-0.39, 0.29) is 12.1 Å². The number of benzene rings is 1. The lowest BCUT2D eigenvalue weighted by Crippen LogP contribution is -2.24. The third-order valence-corrected chi connectivity index (χ3v) is 4.61. The first-order valence-corrected chi connectivity index (χ1v) is 7.10. The van der Waals surface area contributed by atoms with E-state index in [1.165, 1.54) is 16.0 Å². The van der Waals surface area contributed by atoms with Crippen LogP contribution in [0.1, 0.15) is 40.1 Å². The van der Waals surface area contributed by atoms with Gasteiger partial charge in [-0.25, -0.2) is 0 Å². The monoisotopic (exact) mass is 259 g/mol. The topological polar surface area (TPSA) is 35.2 Å². The number of thiophene rings is 1. The third-order valence-electron chi connectivity index (χ3n) is 3.50. The smallest absolute Gasteiger partial charge is 0.135 e. The van der Waals surface area contributed by atoms with Crippen molar-refractivity contribution in [3.8, 4) is 5.75 Å². The zero-order valence-corrected chi connectivity index (χ0v) is 11.5. The first kappa shape index (κ1) is 11.8. The van der Waals surface area contributed by atoms with Gasteiger partial charge in [-0.2, -0.15) is 0 Å². The van der Waals surface area contributed by atoms with Gasteiger partial charge in [0.25, 0.3) is 0 Å². The van der Waals surface area contributed by atoms with Crippen molar-refractivity contribution < 1.29 is 4.74 Å². The van der Waals surface area contributed by atoms with Crippen molar-refractivity contribution in [2.75, 3.05) is 0 Å². The van der Waals surface area contributed by atoms with E-state index >= 15 is 0 Å². The molecule has 2 atom stereocenters. The van der Waals surface area contributed by atoms with Gasteiger partial charge in [0, 0.05) is 22.9 Å². The van der Waals surface area contributed by atoms with Gasteiger partial charge in [0.05, 0.1) is 0 Å². The molecule has 2 N–H and O–H groups in total. The number of ether oxygens (including phenoxy) is 1. The Bertz CT molecular complexity index is 576. The molecule has 1 aromatic carbocycles. The molecule has 1 aliphatic rings. The SMILES string of the molecule is Cc1ccc2c(c1)[C@@H](N)CC(c1sccc1C)O2. The molecule has 0 fully saturated rings. The fourth-order valence-electron chi connectivity index (χ4n) is 2.50. The van der Waals surface area contributed by atoms with Gasteiger partial charge < -0.3 is 10.5 Å². The zero-order valence-electron chi connectivity index (χ0n) is 10.6. The van der Waals surface area contributed by atoms with Gasteiger partial charge in [-0.3, -0.25) is 0 Å². The van der Waals surface area contributed by atoms with Gasteiger partial charge in [0.1, 0.15) is 11.9 Å². The lowest BCUT2D eigenvalue weighted by atomic mass is 9.94. The van der Waals surface area contributed by atoms with Crippen LogP contribution in [0.5, 0.6) is 5.75 Å². The number of rotatable bonds is 1. The minimum Gasteiger partial charge on any atom is -0.484 e. The van der Waals surface area contributed by atoms with Crippen LogP contribution in [0.15, 0.2) is 29.6 Å². The average Bonchev–Trinajstić information content (AvgIpc) is 2.76. The maximum absolute atomic E-state index is 6.29. The van der Waals surface area contributed by atoms with Crippen molar-refractivity contribution in [1.82, 2.24) is 0 Å². The normalized spacial score (nSPS) is 22.4. The molecule has 0 amide bonds. The van der Waals surface area contributed by atoms with Crippen molar-refractivity contribution in [3.63, 3.8) is 0 Å². The van der Waals surface area contributed by atoms with Gasteiger partial charge in [-0.05, 0) is 36.9 Å². The predicted molar refractivity (Wildman–Crippen MR) is 75.1 cm³/mol. The highest BCUT2D eigenvalue weighted by Crippen LogP contribution is 2.42. The molecular formula is C15H17NOS. The molecule has 0 aliphatic carbocycles. The second-order valence-electron chi connectivity index (χ2n) is 4.96. The summed E-state index contributed by atoms with van der Waals surface area (Å²) in [5.74, 6) is 0.942. The van der Waals surface area contributed by atoms with Gasteiger partial charge in [-0.15, -0.1) is 11.3 Å². The van der Waals surface area contributed by atoms with Gasteiger partial charge in [-0.1, -0.05) is 17.7 Å². The Balaban J connectivity index is 1.97. The fraction of sp³-hybridized carbons (Fsp3) is 0.333. The van der Waals surface area contributed by atoms with Crippen LogP contribution in [0.2, 0.25) is 0 Å². The highest BCUT2D eigenvalue weighted by molar-refractivity contribution is 7.10. The Labute approximate surface area is 111 Å². The van der Waals surface area contributed by atoms with Crippen molar-refractivity contribution in [1.29, 1.82) is 0 Å². The van der Waals surface area contributed by atoms with E-state index in [1.54, 1.807) is 11.3 Å². The number of nitrogens with two attached hydrogens (primary N) is 1. The maximum atomic E-state index is 6.29. The average molecular weight is 259 g/mol. The standard InChI is InChI=1S/C15H17NOS/c1-9-3-4-13-11(7-9)12(16)8-14(17-13)15-10(2)5-6-18-15/h3-7,12,14H,8,16H2,1-2H3/t12-,14?/m0/s1. The van der Waals surface area contributed by atoms with Gasteiger partial charge in [0.2, 0.25) is 0 Å². The van der Waals surface area contributed by atoms with Crippen molar-refractivity contribution >= 4 is 11.3 Å². The Kier molecular flexibility index (Phi) is 2.88. The number of hydrogen-bond acceptors (Lipinski definition) is 3. The molecule has 0 bridgehead atoms. The van der Waals surface area contributed by atoms with E-state index < -0.39 is 0 Å². The Morgan fingerprint density at radius 3 is 2.83 bits per heavy atom. The Morgan fingerprint density at radius 1 is 1.28 bits per heavy atom. The van der Waals surface area contributed by atoms with Crippen molar-refractivity contribution in [2.45, 2.75) is 32.4 Å². The van der Waals surface area contributed by atoms with Crippen molar-refractivity contribution in [2.24, 2.45) is 5.73 Å². The molecule has 2 heterocycles. The Morgan fingerprint density at radius 2 is 2.11 bits per heavy atom. The van der Waals surface area contributed by atoms with E-state index in [1.807, 2.05) is 6.07 Å². The molecule has 2 nitrogen and oxygen atoms in total. The number of aryl methyl sites for hydroxylation is 2. The molecular weight excluding hydrogens is 242 g/mol. The first-order valence-electron chi connectivity index (χ1n) is 6.22. The molecule has 3 heteroatoms. The maximum Gasteiger partial charge on any atom is 0.135 e. The van der Waals surface area contributed by atoms with Crippen LogP contribution in [0.4, 0.5) is 0 Å². The van der Waals surface area contributed by atoms with Crippen LogP contribution in [0.3, 0.4) is 0 Å². The molecule has 3 rings (SSSR count). The van der Waals surface area contributed by atoms with Crippen LogP contribution in [0, 0.1) is 13.8 Å². The molecule has 94 valence electrons. The molecule has 0 saturated carbocycles. The molecule has 0 radical (unpaired) electrons. The van der Waals surface area contributed by atoms with Gasteiger partial charge in [0.15, 0.2) is 0 Å². The van der Waals surface area contributed by atoms with E-state index in [0.717, 1.165) is 17.7 Å². The summed E-state index contributed by atoms with van der Waals surface area (Å²) in [5.41, 5.74) is 9.96. The van der Waals surface area contributed by atoms with E-state index in [0.29, 0.717) is 0 Å². The minimum absolute atomic E-state index is 0.0696. The number of hydrogen-bond donors (Lipinski definition) is 1. The highest BCUT2D eigenvalue weighted by atomic mass is 32.1. The molecule has 1 unspecified atom stereocenters. The van der Waals surface area contributed by atoms with E-state index in [2.05, 4.69) is 37.4 Å². The molecule has 0 spiro atoms. The van der Waals surface area contributed by atoms with Gasteiger partial charge >= 0.3 is 0 Å². The molecule has 2 aromatic rings. The second kappa shape index (κ2) is 4.41. The largest absolute Gasteiger partial charge is 0.484 e. The summed E-state index contributed by atoms with van der Waals surface area (Å²) in [7, 11) is 0. The van der Waals surface area contributed by atoms with Crippen LogP contribution in [-0.4, -0.2) is 0 Å². The third kappa shape index (κ3) is 1.93. The number of fused-ring (bicyclic) bond motifs is 1. The van der Waals surface area contributed by atoms with E-state index in [9.17, 15) is 0 Å². The summed E-state index contributed by atoms with van der Waals surface area (Å²) in [4.78, 5) is 1.30. The quantitative estimate of drug-likeness (QED) is 0.843. The molecule has 18 heavy (non-hydrogen) atoms. The van der Waals surface area contributed by atoms with Crippen LogP contribution >= 0.6 is 11.3 Å². The van der Waals surface area contributed by atoms with E-state index in [4.69, 9.17) is 10.5 Å². The summed E-state index contributed by atoms with van der Waals surface area (Å²) in [6.07, 6.45) is 0.966. The Hall–Kier alpha value is -1.32. The zero-order chi connectivity index (χ0) is 12.7. The lowest BCUT2D eigenvalue weighted by Gasteiger charge is -2.30. The summed E-state index contributed by atoms with van der Waals surface area (Å²) in [6, 6.07) is 8.46. The highest BCUT2D eigenvalue weighted by Gasteiger charge is 2.28. The molecule has 0 saturated heterocycles. The molecule has 1 aliphatic heterocycles. The summed E-state index contributed by atoms with van der Waals surface area (Å²) < 4.78 is 6.11. The molecule has 1 aromatic heterocycles. The summed E-state index contributed by atoms with van der Waals surface area (Å²) in [6.45, 7) is 4.22. The first-order chi connectivity index (χ1) is 8.65. The minimum atomic E-state index is 0.0696. The van der Waals surface area contributed by atoms with Crippen LogP contribution in [0.25, 0.3) is 0 Å². The second-order valence-corrected chi connectivity index (χ2v) is 5.91. The van der Waals surface area contributed by atoms with Crippen LogP contribution < -0.4 is 10.5 Å². The predicted octanol–water partition coefficient (Wildman–Crippen LogP) is 3.89.